The number of benzene rings is 1. The molecule has 3 nitrogen and oxygen atoms in total. The molecule has 0 bridgehead atoms. The van der Waals surface area contributed by atoms with Crippen LogP contribution in [0.15, 0.2) is 34.2 Å². The standard InChI is InChI=1S/C12H8Cl2N2OS/c13-8-2-3-9-12(16-6-18-9)11(8)15-5-7-1-4-10(14)17-7/h1-4,6,15H,5H2. The van der Waals surface area contributed by atoms with Gasteiger partial charge in [-0.3, -0.25) is 0 Å². The summed E-state index contributed by atoms with van der Waals surface area (Å²) in [7, 11) is 0. The lowest BCUT2D eigenvalue weighted by Crippen LogP contribution is -1.99. The van der Waals surface area contributed by atoms with Crippen molar-refractivity contribution in [2.75, 3.05) is 5.32 Å². The van der Waals surface area contributed by atoms with Gasteiger partial charge in [0.15, 0.2) is 5.22 Å². The summed E-state index contributed by atoms with van der Waals surface area (Å²) in [5, 5.41) is 4.26. The van der Waals surface area contributed by atoms with Crippen molar-refractivity contribution < 1.29 is 4.42 Å². The predicted molar refractivity (Wildman–Crippen MR) is 75.7 cm³/mol. The second-order valence-electron chi connectivity index (χ2n) is 3.68. The molecule has 92 valence electrons. The van der Waals surface area contributed by atoms with Crippen molar-refractivity contribution in [2.24, 2.45) is 0 Å². The lowest BCUT2D eigenvalue weighted by molar-refractivity contribution is 0.520. The van der Waals surface area contributed by atoms with Gasteiger partial charge in [0, 0.05) is 0 Å². The van der Waals surface area contributed by atoms with E-state index in [0.717, 1.165) is 21.7 Å². The van der Waals surface area contributed by atoms with E-state index in [4.69, 9.17) is 27.6 Å². The zero-order valence-electron chi connectivity index (χ0n) is 9.11. The molecule has 0 spiro atoms. The molecule has 1 N–H and O–H groups in total. The number of halogens is 2. The van der Waals surface area contributed by atoms with Crippen molar-refractivity contribution in [3.05, 3.63) is 45.8 Å². The predicted octanol–water partition coefficient (Wildman–Crippen LogP) is 4.81. The molecule has 2 aromatic heterocycles. The SMILES string of the molecule is Clc1ccc(CNc2c(Cl)ccc3scnc23)o1. The molecule has 0 saturated heterocycles. The molecule has 2 heterocycles. The average Bonchev–Trinajstić information content (AvgIpc) is 2.96. The number of thiazole rings is 1. The van der Waals surface area contributed by atoms with Crippen LogP contribution >= 0.6 is 34.5 Å². The zero-order valence-corrected chi connectivity index (χ0v) is 11.4. The maximum atomic E-state index is 6.18. The van der Waals surface area contributed by atoms with Gasteiger partial charge in [-0.05, 0) is 35.9 Å². The van der Waals surface area contributed by atoms with Crippen molar-refractivity contribution >= 4 is 50.4 Å². The molecule has 0 atom stereocenters. The molecule has 1 aromatic carbocycles. The van der Waals surface area contributed by atoms with Gasteiger partial charge >= 0.3 is 0 Å². The smallest absolute Gasteiger partial charge is 0.193 e. The zero-order chi connectivity index (χ0) is 12.5. The van der Waals surface area contributed by atoms with Crippen LogP contribution in [0.2, 0.25) is 10.2 Å². The molecular formula is C12H8Cl2N2OS. The third-order valence-electron chi connectivity index (χ3n) is 2.52. The summed E-state index contributed by atoms with van der Waals surface area (Å²) >= 11 is 13.5. The van der Waals surface area contributed by atoms with Gasteiger partial charge in [-0.15, -0.1) is 11.3 Å². The Kier molecular flexibility index (Phi) is 3.16. The summed E-state index contributed by atoms with van der Waals surface area (Å²) in [6.07, 6.45) is 0. The molecule has 18 heavy (non-hydrogen) atoms. The van der Waals surface area contributed by atoms with E-state index in [0.29, 0.717) is 16.8 Å². The van der Waals surface area contributed by atoms with Crippen molar-refractivity contribution in [3.63, 3.8) is 0 Å². The molecule has 0 radical (unpaired) electrons. The topological polar surface area (TPSA) is 38.1 Å². The second kappa shape index (κ2) is 4.80. The van der Waals surface area contributed by atoms with Crippen molar-refractivity contribution in [2.45, 2.75) is 6.54 Å². The van der Waals surface area contributed by atoms with E-state index in [2.05, 4.69) is 10.3 Å². The normalized spacial score (nSPS) is 11.0. The van der Waals surface area contributed by atoms with Gasteiger partial charge in [0.2, 0.25) is 0 Å². The van der Waals surface area contributed by atoms with Crippen LogP contribution in [0.4, 0.5) is 5.69 Å². The van der Waals surface area contributed by atoms with Gasteiger partial charge in [-0.1, -0.05) is 11.6 Å². The van der Waals surface area contributed by atoms with Crippen LogP contribution in [0, 0.1) is 0 Å². The van der Waals surface area contributed by atoms with E-state index in [1.807, 2.05) is 18.2 Å². The van der Waals surface area contributed by atoms with Crippen LogP contribution in [0.1, 0.15) is 5.76 Å². The Morgan fingerprint density at radius 3 is 2.89 bits per heavy atom. The number of rotatable bonds is 3. The molecule has 0 aliphatic heterocycles. The molecule has 0 saturated carbocycles. The van der Waals surface area contributed by atoms with E-state index < -0.39 is 0 Å². The Labute approximate surface area is 117 Å². The summed E-state index contributed by atoms with van der Waals surface area (Å²) in [4.78, 5) is 4.31. The highest BCUT2D eigenvalue weighted by Gasteiger charge is 2.09. The number of nitrogens with one attached hydrogen (secondary N) is 1. The van der Waals surface area contributed by atoms with Crippen LogP contribution in [0.5, 0.6) is 0 Å². The minimum absolute atomic E-state index is 0.379. The Bertz CT molecular complexity index is 692. The molecule has 3 aromatic rings. The van der Waals surface area contributed by atoms with Crippen LogP contribution in [0.3, 0.4) is 0 Å². The molecule has 0 unspecified atom stereocenters. The largest absolute Gasteiger partial charge is 0.448 e. The highest BCUT2D eigenvalue weighted by molar-refractivity contribution is 7.16. The van der Waals surface area contributed by atoms with Crippen LogP contribution < -0.4 is 5.32 Å². The Morgan fingerprint density at radius 2 is 2.11 bits per heavy atom. The summed E-state index contributed by atoms with van der Waals surface area (Å²) in [6, 6.07) is 7.36. The Balaban J connectivity index is 1.89. The highest BCUT2D eigenvalue weighted by Crippen LogP contribution is 2.32. The van der Waals surface area contributed by atoms with Gasteiger partial charge in [0.25, 0.3) is 0 Å². The van der Waals surface area contributed by atoms with Gasteiger partial charge in [0.1, 0.15) is 11.3 Å². The first-order chi connectivity index (χ1) is 8.74. The van der Waals surface area contributed by atoms with E-state index in [-0.39, 0.29) is 0 Å². The molecule has 0 aliphatic carbocycles. The first-order valence-electron chi connectivity index (χ1n) is 5.24. The van der Waals surface area contributed by atoms with Crippen LogP contribution in [-0.2, 0) is 6.54 Å². The summed E-state index contributed by atoms with van der Waals surface area (Å²) in [5.74, 6) is 0.753. The van der Waals surface area contributed by atoms with E-state index >= 15 is 0 Å². The Hall–Kier alpha value is -1.23. The first kappa shape index (κ1) is 11.8. The molecule has 0 fully saturated rings. The number of furan rings is 1. The minimum atomic E-state index is 0.379. The number of hydrogen-bond acceptors (Lipinski definition) is 4. The quantitative estimate of drug-likeness (QED) is 0.754. The second-order valence-corrected chi connectivity index (χ2v) is 5.35. The number of fused-ring (bicyclic) bond motifs is 1. The fraction of sp³-hybridized carbons (Fsp3) is 0.0833. The minimum Gasteiger partial charge on any atom is -0.448 e. The summed E-state index contributed by atoms with van der Waals surface area (Å²) in [5.41, 5.74) is 3.50. The number of hydrogen-bond donors (Lipinski definition) is 1. The third-order valence-corrected chi connectivity index (χ3v) is 3.83. The lowest BCUT2D eigenvalue weighted by Gasteiger charge is -2.07. The van der Waals surface area contributed by atoms with Crippen molar-refractivity contribution in [1.29, 1.82) is 0 Å². The first-order valence-corrected chi connectivity index (χ1v) is 6.87. The monoisotopic (exact) mass is 298 g/mol. The lowest BCUT2D eigenvalue weighted by atomic mass is 10.3. The average molecular weight is 299 g/mol. The van der Waals surface area contributed by atoms with Crippen LogP contribution in [0.25, 0.3) is 10.2 Å². The van der Waals surface area contributed by atoms with Gasteiger partial charge in [0.05, 0.1) is 27.5 Å². The maximum Gasteiger partial charge on any atom is 0.193 e. The van der Waals surface area contributed by atoms with Gasteiger partial charge in [-0.2, -0.15) is 0 Å². The van der Waals surface area contributed by atoms with Crippen molar-refractivity contribution in [3.8, 4) is 0 Å². The summed E-state index contributed by atoms with van der Waals surface area (Å²) in [6.45, 7) is 0.517. The van der Waals surface area contributed by atoms with Gasteiger partial charge < -0.3 is 9.73 Å². The van der Waals surface area contributed by atoms with E-state index in [9.17, 15) is 0 Å². The molecule has 3 rings (SSSR count). The third kappa shape index (κ3) is 2.19. The van der Waals surface area contributed by atoms with Crippen molar-refractivity contribution in [1.82, 2.24) is 4.98 Å². The molecular weight excluding hydrogens is 291 g/mol. The summed E-state index contributed by atoms with van der Waals surface area (Å²) < 4.78 is 6.38. The van der Waals surface area contributed by atoms with E-state index in [1.165, 1.54) is 0 Å². The molecule has 0 amide bonds. The Morgan fingerprint density at radius 1 is 1.22 bits per heavy atom. The number of nitrogens with zero attached hydrogens (tertiary/aromatic N) is 1. The number of anilines is 1. The fourth-order valence-electron chi connectivity index (χ4n) is 1.70. The van der Waals surface area contributed by atoms with E-state index in [1.54, 1.807) is 22.9 Å². The van der Waals surface area contributed by atoms with Gasteiger partial charge in [-0.25, -0.2) is 4.98 Å². The molecule has 0 aliphatic rings. The maximum absolute atomic E-state index is 6.18. The molecule has 6 heteroatoms. The van der Waals surface area contributed by atoms with Crippen LogP contribution in [-0.4, -0.2) is 4.98 Å². The highest BCUT2D eigenvalue weighted by atomic mass is 35.5. The fourth-order valence-corrected chi connectivity index (χ4v) is 2.76. The number of aromatic nitrogens is 1.